The van der Waals surface area contributed by atoms with Gasteiger partial charge in [-0.25, -0.2) is 9.69 Å². The topological polar surface area (TPSA) is 84.9 Å². The van der Waals surface area contributed by atoms with Crippen LogP contribution < -0.4 is 10.1 Å². The highest BCUT2D eigenvalue weighted by molar-refractivity contribution is 9.10. The van der Waals surface area contributed by atoms with Gasteiger partial charge in [-0.15, -0.1) is 0 Å². The van der Waals surface area contributed by atoms with Gasteiger partial charge in [-0.3, -0.25) is 9.59 Å². The maximum atomic E-state index is 12.3. The number of nitrogens with zero attached hydrogens (tertiary/aromatic N) is 1. The van der Waals surface area contributed by atoms with Gasteiger partial charge >= 0.3 is 12.0 Å². The van der Waals surface area contributed by atoms with Crippen molar-refractivity contribution in [3.05, 3.63) is 68.8 Å². The molecule has 0 aliphatic carbocycles. The number of ether oxygens (including phenoxy) is 2. The van der Waals surface area contributed by atoms with E-state index in [1.807, 2.05) is 18.2 Å². The quantitative estimate of drug-likeness (QED) is 0.387. The molecule has 1 heterocycles. The van der Waals surface area contributed by atoms with Crippen molar-refractivity contribution in [1.82, 2.24) is 10.2 Å². The third-order valence-electron chi connectivity index (χ3n) is 4.09. The highest BCUT2D eigenvalue weighted by Gasteiger charge is 2.35. The first-order valence-corrected chi connectivity index (χ1v) is 9.63. The zero-order chi connectivity index (χ0) is 21.0. The standard InChI is InChI=1S/C20H16BrClN2O5/c1-28-18(25)10-24-19(26)16(23-20(24)27)9-12-6-7-17(14(21)8-12)29-11-13-4-2-3-5-15(13)22/h2-9H,10-11H2,1H3,(H,23,27)/b16-9+. The number of hydrogen-bond acceptors (Lipinski definition) is 5. The minimum atomic E-state index is -0.683. The van der Waals surface area contributed by atoms with Gasteiger partial charge in [-0.2, -0.15) is 0 Å². The monoisotopic (exact) mass is 478 g/mol. The molecule has 1 saturated heterocycles. The van der Waals surface area contributed by atoms with Crippen molar-refractivity contribution in [2.75, 3.05) is 13.7 Å². The summed E-state index contributed by atoms with van der Waals surface area (Å²) in [5.41, 5.74) is 1.58. The Kier molecular flexibility index (Phi) is 6.56. The number of rotatable bonds is 6. The predicted octanol–water partition coefficient (Wildman–Crippen LogP) is 3.75. The zero-order valence-corrected chi connectivity index (χ0v) is 17.6. The van der Waals surface area contributed by atoms with E-state index in [-0.39, 0.29) is 5.70 Å². The molecule has 1 N–H and O–H groups in total. The van der Waals surface area contributed by atoms with Crippen LogP contribution in [0.3, 0.4) is 0 Å². The second-order valence-electron chi connectivity index (χ2n) is 6.03. The molecule has 1 aliphatic rings. The summed E-state index contributed by atoms with van der Waals surface area (Å²) in [6, 6.07) is 11.9. The van der Waals surface area contributed by atoms with E-state index in [9.17, 15) is 14.4 Å². The van der Waals surface area contributed by atoms with E-state index in [1.165, 1.54) is 13.2 Å². The van der Waals surface area contributed by atoms with Crippen LogP contribution in [0.5, 0.6) is 5.75 Å². The van der Waals surface area contributed by atoms with Crippen molar-refractivity contribution in [1.29, 1.82) is 0 Å². The fourth-order valence-corrected chi connectivity index (χ4v) is 3.27. The van der Waals surface area contributed by atoms with Crippen molar-refractivity contribution in [2.45, 2.75) is 6.61 Å². The molecule has 0 atom stereocenters. The summed E-state index contributed by atoms with van der Waals surface area (Å²) >= 11 is 9.57. The van der Waals surface area contributed by atoms with E-state index >= 15 is 0 Å². The second kappa shape index (κ2) is 9.11. The van der Waals surface area contributed by atoms with Crippen LogP contribution >= 0.6 is 27.5 Å². The van der Waals surface area contributed by atoms with Crippen LogP contribution in [0.15, 0.2) is 52.6 Å². The number of methoxy groups -OCH3 is 1. The van der Waals surface area contributed by atoms with Gasteiger partial charge in [0.05, 0.1) is 11.6 Å². The normalized spacial score (nSPS) is 14.9. The second-order valence-corrected chi connectivity index (χ2v) is 7.29. The van der Waals surface area contributed by atoms with E-state index < -0.39 is 24.5 Å². The number of halogens is 2. The van der Waals surface area contributed by atoms with Crippen molar-refractivity contribution in [3.63, 3.8) is 0 Å². The van der Waals surface area contributed by atoms with Crippen LogP contribution in [0.1, 0.15) is 11.1 Å². The SMILES string of the molecule is COC(=O)CN1C(=O)N/C(=C/c2ccc(OCc3ccccc3Cl)c(Br)c2)C1=O. The van der Waals surface area contributed by atoms with Gasteiger partial charge in [0.15, 0.2) is 0 Å². The van der Waals surface area contributed by atoms with Gasteiger partial charge in [-0.05, 0) is 45.8 Å². The van der Waals surface area contributed by atoms with Crippen LogP contribution in [0, 0.1) is 0 Å². The minimum absolute atomic E-state index is 0.0653. The highest BCUT2D eigenvalue weighted by Crippen LogP contribution is 2.29. The average molecular weight is 480 g/mol. The van der Waals surface area contributed by atoms with Gasteiger partial charge in [-0.1, -0.05) is 35.9 Å². The lowest BCUT2D eigenvalue weighted by Gasteiger charge is -2.10. The Hall–Kier alpha value is -2.84. The van der Waals surface area contributed by atoms with Gasteiger partial charge in [0.25, 0.3) is 5.91 Å². The first-order valence-electron chi connectivity index (χ1n) is 8.46. The lowest BCUT2D eigenvalue weighted by Crippen LogP contribution is -2.36. The molecule has 0 saturated carbocycles. The van der Waals surface area contributed by atoms with Gasteiger partial charge in [0, 0.05) is 10.6 Å². The third-order valence-corrected chi connectivity index (χ3v) is 5.07. The molecule has 2 aromatic carbocycles. The summed E-state index contributed by atoms with van der Waals surface area (Å²) < 4.78 is 11.0. The number of benzene rings is 2. The maximum absolute atomic E-state index is 12.3. The van der Waals surface area contributed by atoms with Crippen LogP contribution in [0.25, 0.3) is 6.08 Å². The summed E-state index contributed by atoms with van der Waals surface area (Å²) in [7, 11) is 1.18. The molecular weight excluding hydrogens is 464 g/mol. The lowest BCUT2D eigenvalue weighted by molar-refractivity contribution is -0.143. The molecule has 1 fully saturated rings. The van der Waals surface area contributed by atoms with E-state index in [0.29, 0.717) is 27.4 Å². The molecule has 1 aliphatic heterocycles. The Bertz CT molecular complexity index is 1010. The number of carbonyl (C=O) groups is 3. The predicted molar refractivity (Wildman–Crippen MR) is 110 cm³/mol. The summed E-state index contributed by atoms with van der Waals surface area (Å²) in [4.78, 5) is 36.4. The first kappa shape index (κ1) is 20.9. The van der Waals surface area contributed by atoms with Crippen molar-refractivity contribution < 1.29 is 23.9 Å². The van der Waals surface area contributed by atoms with E-state index in [2.05, 4.69) is 26.0 Å². The highest BCUT2D eigenvalue weighted by atomic mass is 79.9. The Morgan fingerprint density at radius 2 is 2.00 bits per heavy atom. The average Bonchev–Trinajstić information content (AvgIpc) is 2.95. The number of hydrogen-bond donors (Lipinski definition) is 1. The fraction of sp³-hybridized carbons (Fsp3) is 0.150. The van der Waals surface area contributed by atoms with Gasteiger partial charge in [0.1, 0.15) is 24.6 Å². The largest absolute Gasteiger partial charge is 0.488 e. The molecule has 3 amide bonds. The fourth-order valence-electron chi connectivity index (χ4n) is 2.57. The van der Waals surface area contributed by atoms with Gasteiger partial charge < -0.3 is 14.8 Å². The van der Waals surface area contributed by atoms with Crippen molar-refractivity contribution in [2.24, 2.45) is 0 Å². The van der Waals surface area contributed by atoms with Crippen LogP contribution in [0.4, 0.5) is 4.79 Å². The molecule has 3 rings (SSSR count). The number of nitrogens with one attached hydrogen (secondary N) is 1. The Labute approximate surface area is 180 Å². The number of carbonyl (C=O) groups excluding carboxylic acids is 3. The minimum Gasteiger partial charge on any atom is -0.488 e. The zero-order valence-electron chi connectivity index (χ0n) is 15.3. The third kappa shape index (κ3) is 4.96. The number of esters is 1. The molecule has 9 heteroatoms. The number of imide groups is 1. The molecule has 0 bridgehead atoms. The Morgan fingerprint density at radius 3 is 2.69 bits per heavy atom. The van der Waals surface area contributed by atoms with Crippen LogP contribution in [-0.2, 0) is 20.9 Å². The molecule has 29 heavy (non-hydrogen) atoms. The maximum Gasteiger partial charge on any atom is 0.329 e. The summed E-state index contributed by atoms with van der Waals surface area (Å²) in [5.74, 6) is -0.686. The number of urea groups is 1. The van der Waals surface area contributed by atoms with Gasteiger partial charge in [0.2, 0.25) is 0 Å². The molecule has 7 nitrogen and oxygen atoms in total. The summed E-state index contributed by atoms with van der Waals surface area (Å²) in [6.45, 7) is -0.146. The van der Waals surface area contributed by atoms with Crippen molar-refractivity contribution >= 4 is 51.5 Å². The smallest absolute Gasteiger partial charge is 0.329 e. The molecule has 0 spiro atoms. The molecule has 150 valence electrons. The van der Waals surface area contributed by atoms with Crippen LogP contribution in [-0.4, -0.2) is 36.5 Å². The molecule has 0 aromatic heterocycles. The van der Waals surface area contributed by atoms with Crippen molar-refractivity contribution in [3.8, 4) is 5.75 Å². The van der Waals surface area contributed by atoms with E-state index in [4.69, 9.17) is 16.3 Å². The lowest BCUT2D eigenvalue weighted by atomic mass is 10.2. The number of amides is 3. The molecule has 0 unspecified atom stereocenters. The Morgan fingerprint density at radius 1 is 1.24 bits per heavy atom. The van der Waals surface area contributed by atoms with E-state index in [0.717, 1.165) is 10.5 Å². The summed E-state index contributed by atoms with van der Waals surface area (Å²) in [5, 5.41) is 3.07. The molecule has 0 radical (unpaired) electrons. The molecule has 2 aromatic rings. The summed E-state index contributed by atoms with van der Waals surface area (Å²) in [6.07, 6.45) is 1.51. The first-order chi connectivity index (χ1) is 13.9. The van der Waals surface area contributed by atoms with Crippen LogP contribution in [0.2, 0.25) is 5.02 Å². The molecular formula is C20H16BrClN2O5. The Balaban J connectivity index is 1.71. The van der Waals surface area contributed by atoms with E-state index in [1.54, 1.807) is 24.3 Å².